The third-order valence-electron chi connectivity index (χ3n) is 4.63. The van der Waals surface area contributed by atoms with Gasteiger partial charge in [0.1, 0.15) is 0 Å². The standard InChI is InChI=1S/C14H27N3O.2ClH/c1-11-4-3-5-13(12(11)2)16-14(18)10-17-8-6-15-7-9-17;;/h11-13,15H,3-10H2,1-2H3,(H,16,18);2*1H. The van der Waals surface area contributed by atoms with Gasteiger partial charge in [0, 0.05) is 32.2 Å². The van der Waals surface area contributed by atoms with Gasteiger partial charge in [0.2, 0.25) is 5.91 Å². The highest BCUT2D eigenvalue weighted by atomic mass is 35.5. The van der Waals surface area contributed by atoms with Crippen LogP contribution in [-0.4, -0.2) is 49.6 Å². The summed E-state index contributed by atoms with van der Waals surface area (Å²) in [7, 11) is 0. The molecule has 2 rings (SSSR count). The van der Waals surface area contributed by atoms with Crippen LogP contribution in [0.2, 0.25) is 0 Å². The van der Waals surface area contributed by atoms with Gasteiger partial charge in [-0.15, -0.1) is 24.8 Å². The number of halogens is 2. The van der Waals surface area contributed by atoms with Gasteiger partial charge in [-0.1, -0.05) is 26.7 Å². The highest BCUT2D eigenvalue weighted by molar-refractivity contribution is 5.85. The molecule has 120 valence electrons. The number of nitrogens with zero attached hydrogens (tertiary/aromatic N) is 1. The molecule has 1 amide bonds. The highest BCUT2D eigenvalue weighted by Crippen LogP contribution is 2.29. The molecule has 2 N–H and O–H groups in total. The fourth-order valence-corrected chi connectivity index (χ4v) is 3.11. The van der Waals surface area contributed by atoms with E-state index in [1.165, 1.54) is 12.8 Å². The van der Waals surface area contributed by atoms with Gasteiger partial charge < -0.3 is 10.6 Å². The summed E-state index contributed by atoms with van der Waals surface area (Å²) in [6.45, 7) is 9.14. The van der Waals surface area contributed by atoms with Crippen molar-refractivity contribution in [1.82, 2.24) is 15.5 Å². The minimum absolute atomic E-state index is 0. The lowest BCUT2D eigenvalue weighted by Crippen LogP contribution is -2.51. The zero-order valence-corrected chi connectivity index (χ0v) is 14.2. The molecule has 3 unspecified atom stereocenters. The molecule has 0 radical (unpaired) electrons. The highest BCUT2D eigenvalue weighted by Gasteiger charge is 2.28. The lowest BCUT2D eigenvalue weighted by Gasteiger charge is -2.35. The van der Waals surface area contributed by atoms with E-state index in [9.17, 15) is 4.79 Å². The molecule has 6 heteroatoms. The van der Waals surface area contributed by atoms with Crippen LogP contribution in [0, 0.1) is 11.8 Å². The third kappa shape index (κ3) is 5.76. The Balaban J connectivity index is 0.00000180. The van der Waals surface area contributed by atoms with Gasteiger partial charge in [0.05, 0.1) is 6.54 Å². The van der Waals surface area contributed by atoms with Crippen molar-refractivity contribution in [2.75, 3.05) is 32.7 Å². The van der Waals surface area contributed by atoms with Gasteiger partial charge in [-0.2, -0.15) is 0 Å². The van der Waals surface area contributed by atoms with Crippen LogP contribution in [0.25, 0.3) is 0 Å². The third-order valence-corrected chi connectivity index (χ3v) is 4.63. The SMILES string of the molecule is CC1CCCC(NC(=O)CN2CCNCC2)C1C.Cl.Cl. The van der Waals surface area contributed by atoms with Crippen LogP contribution in [0.5, 0.6) is 0 Å². The average Bonchev–Trinajstić information content (AvgIpc) is 2.36. The minimum atomic E-state index is 0. The van der Waals surface area contributed by atoms with Crippen molar-refractivity contribution in [3.05, 3.63) is 0 Å². The van der Waals surface area contributed by atoms with Crippen molar-refractivity contribution in [3.8, 4) is 0 Å². The Bertz CT molecular complexity index is 286. The van der Waals surface area contributed by atoms with E-state index in [4.69, 9.17) is 0 Å². The largest absolute Gasteiger partial charge is 0.352 e. The Morgan fingerprint density at radius 1 is 1.20 bits per heavy atom. The summed E-state index contributed by atoms with van der Waals surface area (Å²) in [6.07, 6.45) is 3.72. The number of carbonyl (C=O) groups is 1. The number of piperazine rings is 1. The second kappa shape index (κ2) is 9.82. The molecule has 1 aliphatic carbocycles. The Hall–Kier alpha value is -0.0300. The summed E-state index contributed by atoms with van der Waals surface area (Å²) >= 11 is 0. The normalized spacial score (nSPS) is 30.8. The van der Waals surface area contributed by atoms with Gasteiger partial charge >= 0.3 is 0 Å². The van der Waals surface area contributed by atoms with Crippen molar-refractivity contribution >= 4 is 30.7 Å². The maximum Gasteiger partial charge on any atom is 0.234 e. The van der Waals surface area contributed by atoms with E-state index in [2.05, 4.69) is 29.4 Å². The molecule has 2 fully saturated rings. The van der Waals surface area contributed by atoms with Crippen molar-refractivity contribution in [3.63, 3.8) is 0 Å². The van der Waals surface area contributed by atoms with Gasteiger partial charge in [0.25, 0.3) is 0 Å². The van der Waals surface area contributed by atoms with E-state index in [0.717, 1.165) is 38.5 Å². The molecule has 0 bridgehead atoms. The number of rotatable bonds is 3. The number of amides is 1. The Morgan fingerprint density at radius 3 is 2.50 bits per heavy atom. The van der Waals surface area contributed by atoms with Crippen molar-refractivity contribution in [1.29, 1.82) is 0 Å². The van der Waals surface area contributed by atoms with Crippen LogP contribution < -0.4 is 10.6 Å². The fraction of sp³-hybridized carbons (Fsp3) is 0.929. The molecule has 0 aromatic carbocycles. The molecule has 1 heterocycles. The molecule has 0 spiro atoms. The summed E-state index contributed by atoms with van der Waals surface area (Å²) in [5.74, 6) is 1.57. The molecule has 0 aromatic rings. The van der Waals surface area contributed by atoms with Crippen LogP contribution in [-0.2, 0) is 4.79 Å². The van der Waals surface area contributed by atoms with E-state index in [0.29, 0.717) is 18.5 Å². The van der Waals surface area contributed by atoms with Crippen LogP contribution in [0.1, 0.15) is 33.1 Å². The minimum Gasteiger partial charge on any atom is -0.352 e. The van der Waals surface area contributed by atoms with E-state index in [-0.39, 0.29) is 30.7 Å². The second-order valence-corrected chi connectivity index (χ2v) is 5.97. The predicted octanol–water partition coefficient (Wildman–Crippen LogP) is 1.68. The van der Waals surface area contributed by atoms with Crippen LogP contribution in [0.15, 0.2) is 0 Å². The van der Waals surface area contributed by atoms with Crippen LogP contribution >= 0.6 is 24.8 Å². The Morgan fingerprint density at radius 2 is 1.85 bits per heavy atom. The first kappa shape index (κ1) is 20.0. The van der Waals surface area contributed by atoms with Crippen molar-refractivity contribution in [2.45, 2.75) is 39.2 Å². The topological polar surface area (TPSA) is 44.4 Å². The van der Waals surface area contributed by atoms with Crippen molar-refractivity contribution in [2.24, 2.45) is 11.8 Å². The van der Waals surface area contributed by atoms with Crippen LogP contribution in [0.3, 0.4) is 0 Å². The Kier molecular flexibility index (Phi) is 9.81. The number of nitrogens with one attached hydrogen (secondary N) is 2. The molecular formula is C14H29Cl2N3O. The van der Waals surface area contributed by atoms with Crippen LogP contribution in [0.4, 0.5) is 0 Å². The molecule has 20 heavy (non-hydrogen) atoms. The lowest BCUT2D eigenvalue weighted by molar-refractivity contribution is -0.123. The summed E-state index contributed by atoms with van der Waals surface area (Å²) < 4.78 is 0. The van der Waals surface area contributed by atoms with E-state index in [1.54, 1.807) is 0 Å². The molecule has 1 saturated heterocycles. The van der Waals surface area contributed by atoms with Crippen molar-refractivity contribution < 1.29 is 4.79 Å². The monoisotopic (exact) mass is 325 g/mol. The first-order valence-corrected chi connectivity index (χ1v) is 7.39. The molecule has 1 aliphatic heterocycles. The summed E-state index contributed by atoms with van der Waals surface area (Å²) in [6, 6.07) is 0.393. The maximum absolute atomic E-state index is 12.1. The summed E-state index contributed by atoms with van der Waals surface area (Å²) in [5, 5.41) is 6.55. The molecule has 0 aromatic heterocycles. The van der Waals surface area contributed by atoms with E-state index >= 15 is 0 Å². The number of hydrogen-bond donors (Lipinski definition) is 2. The Labute approximate surface area is 135 Å². The fourth-order valence-electron chi connectivity index (χ4n) is 3.11. The number of hydrogen-bond acceptors (Lipinski definition) is 3. The maximum atomic E-state index is 12.1. The quantitative estimate of drug-likeness (QED) is 0.829. The zero-order chi connectivity index (χ0) is 13.0. The summed E-state index contributed by atoms with van der Waals surface area (Å²) in [5.41, 5.74) is 0. The first-order valence-electron chi connectivity index (χ1n) is 7.39. The average molecular weight is 326 g/mol. The molecule has 3 atom stereocenters. The van der Waals surface area contributed by atoms with Gasteiger partial charge in [-0.3, -0.25) is 9.69 Å². The first-order chi connectivity index (χ1) is 8.66. The summed E-state index contributed by atoms with van der Waals surface area (Å²) in [4.78, 5) is 14.3. The lowest BCUT2D eigenvalue weighted by atomic mass is 9.78. The molecule has 1 saturated carbocycles. The molecule has 4 nitrogen and oxygen atoms in total. The van der Waals surface area contributed by atoms with Gasteiger partial charge in [-0.25, -0.2) is 0 Å². The van der Waals surface area contributed by atoms with Gasteiger partial charge in [0.15, 0.2) is 0 Å². The molecular weight excluding hydrogens is 297 g/mol. The smallest absolute Gasteiger partial charge is 0.234 e. The van der Waals surface area contributed by atoms with Gasteiger partial charge in [-0.05, 0) is 18.3 Å². The number of carbonyl (C=O) groups excluding carboxylic acids is 1. The van der Waals surface area contributed by atoms with E-state index in [1.807, 2.05) is 0 Å². The molecule has 2 aliphatic rings. The van der Waals surface area contributed by atoms with E-state index < -0.39 is 0 Å². The zero-order valence-electron chi connectivity index (χ0n) is 12.6. The predicted molar refractivity (Wildman–Crippen MR) is 87.9 cm³/mol. The second-order valence-electron chi connectivity index (χ2n) is 5.97.